The van der Waals surface area contributed by atoms with E-state index in [1.54, 1.807) is 0 Å². The third-order valence-electron chi connectivity index (χ3n) is 4.05. The van der Waals surface area contributed by atoms with Crippen LogP contribution in [0.4, 0.5) is 0 Å². The Kier molecular flexibility index (Phi) is 3.69. The van der Waals surface area contributed by atoms with E-state index in [0.717, 1.165) is 31.4 Å². The van der Waals surface area contributed by atoms with Gasteiger partial charge >= 0.3 is 0 Å². The van der Waals surface area contributed by atoms with E-state index in [4.69, 9.17) is 21.1 Å². The fraction of sp³-hybridized carbons (Fsp3) is 0.643. The zero-order valence-corrected chi connectivity index (χ0v) is 12.5. The molecule has 2 aliphatic heterocycles. The number of ether oxygens (including phenoxy) is 2. The van der Waals surface area contributed by atoms with Crippen LogP contribution in [0.25, 0.3) is 0 Å². The highest BCUT2D eigenvalue weighted by Crippen LogP contribution is 2.39. The summed E-state index contributed by atoms with van der Waals surface area (Å²) in [5.41, 5.74) is 0.762. The van der Waals surface area contributed by atoms with Crippen molar-refractivity contribution in [3.05, 3.63) is 20.8 Å². The topological polar surface area (TPSA) is 35.5 Å². The van der Waals surface area contributed by atoms with Gasteiger partial charge < -0.3 is 9.47 Å². The lowest BCUT2D eigenvalue weighted by Gasteiger charge is -2.36. The number of carbonyl (C=O) groups excluding carboxylic acids is 1. The molecule has 3 nitrogen and oxygen atoms in total. The van der Waals surface area contributed by atoms with Gasteiger partial charge in [-0.1, -0.05) is 11.6 Å². The Morgan fingerprint density at radius 2 is 2.37 bits per heavy atom. The van der Waals surface area contributed by atoms with Gasteiger partial charge in [-0.3, -0.25) is 4.79 Å². The molecule has 0 N–H and O–H groups in total. The number of Topliss-reactive ketones (excluding diaryl/α,β-unsaturated/α-hetero) is 1. The first-order chi connectivity index (χ1) is 9.11. The largest absolute Gasteiger partial charge is 0.378 e. The third-order valence-corrected chi connectivity index (χ3v) is 5.77. The van der Waals surface area contributed by atoms with Crippen molar-refractivity contribution >= 4 is 28.7 Å². The summed E-state index contributed by atoms with van der Waals surface area (Å²) >= 11 is 7.66. The van der Waals surface area contributed by atoms with E-state index >= 15 is 0 Å². The smallest absolute Gasteiger partial charge is 0.177 e. The van der Waals surface area contributed by atoms with Gasteiger partial charge in [0.1, 0.15) is 0 Å². The van der Waals surface area contributed by atoms with Gasteiger partial charge in [-0.15, -0.1) is 11.3 Å². The second kappa shape index (κ2) is 5.17. The number of aryl methyl sites for hydroxylation is 1. The predicted molar refractivity (Wildman–Crippen MR) is 75.2 cm³/mol. The Morgan fingerprint density at radius 3 is 3.00 bits per heavy atom. The lowest BCUT2D eigenvalue weighted by Crippen LogP contribution is -2.42. The van der Waals surface area contributed by atoms with Gasteiger partial charge in [0.15, 0.2) is 5.78 Å². The van der Waals surface area contributed by atoms with Crippen molar-refractivity contribution in [3.8, 4) is 0 Å². The first-order valence-electron chi connectivity index (χ1n) is 6.61. The summed E-state index contributed by atoms with van der Waals surface area (Å²) in [6, 6.07) is 0. The van der Waals surface area contributed by atoms with Crippen LogP contribution in [-0.4, -0.2) is 31.2 Å². The van der Waals surface area contributed by atoms with E-state index in [1.165, 1.54) is 11.3 Å². The number of thiophene rings is 1. The van der Waals surface area contributed by atoms with E-state index in [2.05, 4.69) is 0 Å². The number of hydrogen-bond acceptors (Lipinski definition) is 4. The molecule has 2 atom stereocenters. The minimum absolute atomic E-state index is 0.0194. The zero-order chi connectivity index (χ0) is 13.5. The van der Waals surface area contributed by atoms with Crippen molar-refractivity contribution < 1.29 is 14.3 Å². The van der Waals surface area contributed by atoms with Crippen molar-refractivity contribution in [1.29, 1.82) is 0 Å². The van der Waals surface area contributed by atoms with Gasteiger partial charge in [-0.25, -0.2) is 0 Å². The molecule has 0 amide bonds. The van der Waals surface area contributed by atoms with Crippen LogP contribution < -0.4 is 0 Å². The van der Waals surface area contributed by atoms with Gasteiger partial charge in [-0.2, -0.15) is 0 Å². The summed E-state index contributed by atoms with van der Waals surface area (Å²) in [4.78, 5) is 13.3. The molecule has 1 aromatic heterocycles. The van der Waals surface area contributed by atoms with Crippen LogP contribution in [0, 0.1) is 12.8 Å². The fourth-order valence-electron chi connectivity index (χ4n) is 2.90. The van der Waals surface area contributed by atoms with E-state index < -0.39 is 0 Å². The standard InChI is InChI=1S/C14H17ClO3S/c1-9-7-19-13(11(9)15)12(16)10-2-4-18-14(6-10)3-5-17-8-14/h7,10H,2-6,8H2,1H3. The molecule has 2 saturated heterocycles. The Balaban J connectivity index is 1.78. The Morgan fingerprint density at radius 1 is 1.53 bits per heavy atom. The summed E-state index contributed by atoms with van der Waals surface area (Å²) in [5, 5.41) is 2.57. The maximum atomic E-state index is 12.6. The van der Waals surface area contributed by atoms with Crippen LogP contribution in [0.15, 0.2) is 5.38 Å². The van der Waals surface area contributed by atoms with E-state index in [1.807, 2.05) is 12.3 Å². The summed E-state index contributed by atoms with van der Waals surface area (Å²) < 4.78 is 11.3. The summed E-state index contributed by atoms with van der Waals surface area (Å²) in [6.07, 6.45) is 2.45. The van der Waals surface area contributed by atoms with Crippen molar-refractivity contribution in [2.24, 2.45) is 5.92 Å². The number of halogens is 1. The minimum atomic E-state index is -0.225. The molecule has 0 saturated carbocycles. The van der Waals surface area contributed by atoms with Crippen LogP contribution in [0.1, 0.15) is 34.5 Å². The first-order valence-corrected chi connectivity index (χ1v) is 7.87. The Bertz CT molecular complexity index is 491. The Hall–Kier alpha value is -0.420. The van der Waals surface area contributed by atoms with Crippen molar-refractivity contribution in [2.75, 3.05) is 19.8 Å². The lowest BCUT2D eigenvalue weighted by molar-refractivity contribution is -0.0920. The zero-order valence-electron chi connectivity index (χ0n) is 10.9. The second-order valence-corrected chi connectivity index (χ2v) is 6.71. The lowest BCUT2D eigenvalue weighted by atomic mass is 9.82. The number of carbonyl (C=O) groups is 1. The molecule has 3 rings (SSSR count). The van der Waals surface area contributed by atoms with Gasteiger partial charge in [-0.05, 0) is 30.7 Å². The molecule has 1 spiro atoms. The van der Waals surface area contributed by atoms with Crippen LogP contribution in [0.5, 0.6) is 0 Å². The van der Waals surface area contributed by atoms with Crippen LogP contribution in [0.3, 0.4) is 0 Å². The van der Waals surface area contributed by atoms with Crippen molar-refractivity contribution in [3.63, 3.8) is 0 Å². The predicted octanol–water partition coefficient (Wildman–Crippen LogP) is 3.48. The van der Waals surface area contributed by atoms with E-state index in [9.17, 15) is 4.79 Å². The van der Waals surface area contributed by atoms with Crippen molar-refractivity contribution in [1.82, 2.24) is 0 Å². The SMILES string of the molecule is Cc1csc(C(=O)C2CCOC3(CCOC3)C2)c1Cl. The average molecular weight is 301 g/mol. The van der Waals surface area contributed by atoms with Crippen LogP contribution in [-0.2, 0) is 9.47 Å². The molecule has 0 aliphatic carbocycles. The maximum absolute atomic E-state index is 12.6. The van der Waals surface area contributed by atoms with Gasteiger partial charge in [0.2, 0.25) is 0 Å². The molecule has 19 heavy (non-hydrogen) atoms. The summed E-state index contributed by atoms with van der Waals surface area (Å²) in [6.45, 7) is 3.93. The van der Waals surface area contributed by atoms with Crippen molar-refractivity contribution in [2.45, 2.75) is 31.8 Å². The minimum Gasteiger partial charge on any atom is -0.378 e. The maximum Gasteiger partial charge on any atom is 0.177 e. The molecule has 2 aliphatic rings. The summed E-state index contributed by atoms with van der Waals surface area (Å²) in [7, 11) is 0. The molecule has 0 bridgehead atoms. The van der Waals surface area contributed by atoms with Crippen LogP contribution in [0.2, 0.25) is 5.02 Å². The monoisotopic (exact) mass is 300 g/mol. The highest BCUT2D eigenvalue weighted by Gasteiger charge is 2.43. The Labute approximate surface area is 121 Å². The van der Waals surface area contributed by atoms with E-state index in [-0.39, 0.29) is 17.3 Å². The fourth-order valence-corrected chi connectivity index (χ4v) is 4.20. The highest BCUT2D eigenvalue weighted by molar-refractivity contribution is 7.13. The average Bonchev–Trinajstić information content (AvgIpc) is 2.98. The molecule has 104 valence electrons. The number of hydrogen-bond donors (Lipinski definition) is 0. The molecule has 2 fully saturated rings. The van der Waals surface area contributed by atoms with Gasteiger partial charge in [0.05, 0.1) is 22.1 Å². The number of rotatable bonds is 2. The van der Waals surface area contributed by atoms with Gasteiger partial charge in [0.25, 0.3) is 0 Å². The molecule has 0 aromatic carbocycles. The second-order valence-electron chi connectivity index (χ2n) is 5.45. The molecule has 1 aromatic rings. The highest BCUT2D eigenvalue weighted by atomic mass is 35.5. The van der Waals surface area contributed by atoms with Gasteiger partial charge in [0, 0.05) is 25.6 Å². The molecule has 3 heterocycles. The quantitative estimate of drug-likeness (QED) is 0.785. The number of ketones is 1. The summed E-state index contributed by atoms with van der Waals surface area (Å²) in [5.74, 6) is 0.198. The van der Waals surface area contributed by atoms with Crippen LogP contribution >= 0.6 is 22.9 Å². The molecular formula is C14H17ClO3S. The normalized spacial score (nSPS) is 30.9. The molecule has 2 unspecified atom stereocenters. The third kappa shape index (κ3) is 2.47. The van der Waals surface area contributed by atoms with E-state index in [0.29, 0.717) is 23.1 Å². The molecular weight excluding hydrogens is 284 g/mol. The first kappa shape index (κ1) is 13.6. The molecule has 0 radical (unpaired) electrons. The molecule has 5 heteroatoms.